The molecule has 0 unspecified atom stereocenters. The van der Waals surface area contributed by atoms with Crippen LogP contribution in [0.25, 0.3) is 16.7 Å². The summed E-state index contributed by atoms with van der Waals surface area (Å²) < 4.78 is 6.99. The molecule has 0 amide bonds. The molecule has 0 radical (unpaired) electrons. The van der Waals surface area contributed by atoms with Crippen molar-refractivity contribution in [2.45, 2.75) is 33.6 Å². The molecule has 1 N–H and O–H groups in total. The van der Waals surface area contributed by atoms with Gasteiger partial charge in [-0.3, -0.25) is 9.36 Å². The quantitative estimate of drug-likeness (QED) is 0.740. The highest BCUT2D eigenvalue weighted by molar-refractivity contribution is 5.99. The van der Waals surface area contributed by atoms with Gasteiger partial charge in [0.15, 0.2) is 5.65 Å². The number of carbonyl (C=O) groups excluding carboxylic acids is 1. The van der Waals surface area contributed by atoms with Crippen molar-refractivity contribution in [2.24, 2.45) is 0 Å². The highest BCUT2D eigenvalue weighted by Crippen LogP contribution is 2.32. The number of benzene rings is 1. The van der Waals surface area contributed by atoms with Crippen molar-refractivity contribution < 1.29 is 9.53 Å². The van der Waals surface area contributed by atoms with E-state index in [1.54, 1.807) is 11.5 Å². The Hall–Kier alpha value is -2.89. The number of nitrogens with one attached hydrogen (secondary N) is 1. The first-order chi connectivity index (χ1) is 12.0. The average Bonchev–Trinajstić information content (AvgIpc) is 2.93. The highest BCUT2D eigenvalue weighted by atomic mass is 16.5. The van der Waals surface area contributed by atoms with Gasteiger partial charge in [-0.15, -0.1) is 0 Å². The summed E-state index contributed by atoms with van der Waals surface area (Å²) in [5.41, 5.74) is 3.09. The van der Waals surface area contributed by atoms with Gasteiger partial charge in [0.1, 0.15) is 5.69 Å². The average molecular weight is 339 g/mol. The molecule has 0 aliphatic carbocycles. The van der Waals surface area contributed by atoms with Gasteiger partial charge in [-0.25, -0.2) is 9.78 Å². The Labute approximate surface area is 145 Å². The first kappa shape index (κ1) is 17.0. The number of fused-ring (bicyclic) bond motifs is 1. The number of aromatic nitrogens is 3. The van der Waals surface area contributed by atoms with Crippen LogP contribution in [0.15, 0.2) is 35.4 Å². The smallest absolute Gasteiger partial charge is 0.355 e. The molecule has 6 heteroatoms. The van der Waals surface area contributed by atoms with Crippen molar-refractivity contribution in [3.63, 3.8) is 0 Å². The van der Waals surface area contributed by atoms with E-state index in [1.165, 1.54) is 6.33 Å². The molecule has 2 heterocycles. The molecule has 0 aliphatic heterocycles. The molecule has 0 atom stereocenters. The standard InChI is InChI=1S/C19H21N3O3/c1-5-25-19(24)16-14(11(2)3)15-17(20-10-21-18(15)23)22(16)13-8-6-12(4)7-9-13/h6-11H,5H2,1-4H3,(H,20,21,23). The zero-order valence-electron chi connectivity index (χ0n) is 14.8. The minimum Gasteiger partial charge on any atom is -0.461 e. The maximum absolute atomic E-state index is 12.7. The molecule has 1 aromatic carbocycles. The third-order valence-electron chi connectivity index (χ3n) is 4.13. The Kier molecular flexibility index (Phi) is 4.44. The maximum atomic E-state index is 12.7. The number of nitrogens with zero attached hydrogens (tertiary/aromatic N) is 2. The van der Waals surface area contributed by atoms with Crippen molar-refractivity contribution >= 4 is 17.0 Å². The van der Waals surface area contributed by atoms with Gasteiger partial charge in [0.2, 0.25) is 0 Å². The highest BCUT2D eigenvalue weighted by Gasteiger charge is 2.28. The van der Waals surface area contributed by atoms with E-state index in [4.69, 9.17) is 4.74 Å². The predicted molar refractivity (Wildman–Crippen MR) is 96.5 cm³/mol. The lowest BCUT2D eigenvalue weighted by molar-refractivity contribution is 0.0515. The minimum atomic E-state index is -0.454. The van der Waals surface area contributed by atoms with Crippen LogP contribution in [0.4, 0.5) is 0 Å². The number of ether oxygens (including phenoxy) is 1. The Morgan fingerprint density at radius 1 is 1.28 bits per heavy atom. The number of hydrogen-bond acceptors (Lipinski definition) is 4. The predicted octanol–water partition coefficient (Wildman–Crippen LogP) is 3.32. The second kappa shape index (κ2) is 6.55. The van der Waals surface area contributed by atoms with Crippen molar-refractivity contribution in [1.29, 1.82) is 0 Å². The Bertz CT molecular complexity index is 982. The summed E-state index contributed by atoms with van der Waals surface area (Å²) in [5, 5.41) is 0.432. The molecule has 0 spiro atoms. The van der Waals surface area contributed by atoms with Crippen molar-refractivity contribution in [1.82, 2.24) is 14.5 Å². The van der Waals surface area contributed by atoms with Gasteiger partial charge in [-0.2, -0.15) is 0 Å². The molecule has 3 aromatic rings. The van der Waals surface area contributed by atoms with Gasteiger partial charge in [-0.1, -0.05) is 31.5 Å². The molecule has 2 aromatic heterocycles. The van der Waals surface area contributed by atoms with Crippen LogP contribution in [0, 0.1) is 6.92 Å². The van der Waals surface area contributed by atoms with Gasteiger partial charge in [-0.05, 0) is 31.9 Å². The topological polar surface area (TPSA) is 77.0 Å². The lowest BCUT2D eigenvalue weighted by atomic mass is 10.0. The summed E-state index contributed by atoms with van der Waals surface area (Å²) in [5.74, 6) is -0.497. The molecule has 6 nitrogen and oxygen atoms in total. The van der Waals surface area contributed by atoms with Crippen LogP contribution in [0.3, 0.4) is 0 Å². The van der Waals surface area contributed by atoms with Crippen molar-refractivity contribution in [2.75, 3.05) is 6.61 Å². The zero-order chi connectivity index (χ0) is 18.1. The summed E-state index contributed by atoms with van der Waals surface area (Å²) in [7, 11) is 0. The summed E-state index contributed by atoms with van der Waals surface area (Å²) in [4.78, 5) is 32.2. The van der Waals surface area contributed by atoms with Crippen LogP contribution in [0.1, 0.15) is 48.3 Å². The van der Waals surface area contributed by atoms with Crippen LogP contribution >= 0.6 is 0 Å². The van der Waals surface area contributed by atoms with Gasteiger partial charge >= 0.3 is 5.97 Å². The summed E-state index contributed by atoms with van der Waals surface area (Å²) in [6, 6.07) is 7.73. The van der Waals surface area contributed by atoms with E-state index in [0.717, 1.165) is 11.3 Å². The molecular formula is C19H21N3O3. The van der Waals surface area contributed by atoms with E-state index in [1.807, 2.05) is 45.0 Å². The first-order valence-corrected chi connectivity index (χ1v) is 8.31. The van der Waals surface area contributed by atoms with Crippen LogP contribution in [0.5, 0.6) is 0 Å². The number of aryl methyl sites for hydroxylation is 1. The SMILES string of the molecule is CCOC(=O)c1c(C(C)C)c2c(=O)[nH]cnc2n1-c1ccc(C)cc1. The summed E-state index contributed by atoms with van der Waals surface area (Å²) >= 11 is 0. The van der Waals surface area contributed by atoms with Crippen LogP contribution in [-0.4, -0.2) is 27.1 Å². The third-order valence-corrected chi connectivity index (χ3v) is 4.13. The Morgan fingerprint density at radius 3 is 2.56 bits per heavy atom. The van der Waals surface area contributed by atoms with Crippen molar-refractivity contribution in [3.8, 4) is 5.69 Å². The van der Waals surface area contributed by atoms with Gasteiger partial charge < -0.3 is 9.72 Å². The molecular weight excluding hydrogens is 318 g/mol. The monoisotopic (exact) mass is 339 g/mol. The van der Waals surface area contributed by atoms with Crippen molar-refractivity contribution in [3.05, 3.63) is 57.8 Å². The fraction of sp³-hybridized carbons (Fsp3) is 0.316. The zero-order valence-corrected chi connectivity index (χ0v) is 14.8. The minimum absolute atomic E-state index is 0.0427. The second-order valence-corrected chi connectivity index (χ2v) is 6.24. The molecule has 0 saturated carbocycles. The number of H-pyrrole nitrogens is 1. The largest absolute Gasteiger partial charge is 0.461 e. The number of hydrogen-bond donors (Lipinski definition) is 1. The fourth-order valence-corrected chi connectivity index (χ4v) is 3.06. The number of esters is 1. The Balaban J connectivity index is 2.47. The molecule has 3 rings (SSSR count). The lowest BCUT2D eigenvalue weighted by Crippen LogP contribution is -2.14. The van der Waals surface area contributed by atoms with Gasteiger partial charge in [0, 0.05) is 11.3 Å². The lowest BCUT2D eigenvalue weighted by Gasteiger charge is -2.12. The molecule has 0 saturated heterocycles. The number of rotatable bonds is 4. The molecule has 0 fully saturated rings. The Morgan fingerprint density at radius 2 is 1.96 bits per heavy atom. The van der Waals surface area contributed by atoms with E-state index in [-0.39, 0.29) is 18.1 Å². The van der Waals surface area contributed by atoms with Crippen LogP contribution in [0.2, 0.25) is 0 Å². The van der Waals surface area contributed by atoms with E-state index in [2.05, 4.69) is 9.97 Å². The third kappa shape index (κ3) is 2.84. The van der Waals surface area contributed by atoms with E-state index in [0.29, 0.717) is 22.3 Å². The molecule has 130 valence electrons. The number of aromatic amines is 1. The van der Waals surface area contributed by atoms with E-state index < -0.39 is 5.97 Å². The molecule has 0 bridgehead atoms. The van der Waals surface area contributed by atoms with E-state index >= 15 is 0 Å². The fourth-order valence-electron chi connectivity index (χ4n) is 3.06. The second-order valence-electron chi connectivity index (χ2n) is 6.24. The summed E-state index contributed by atoms with van der Waals surface area (Å²) in [6.07, 6.45) is 1.36. The van der Waals surface area contributed by atoms with Crippen LogP contribution < -0.4 is 5.56 Å². The van der Waals surface area contributed by atoms with Gasteiger partial charge in [0.05, 0.1) is 18.3 Å². The molecule has 25 heavy (non-hydrogen) atoms. The van der Waals surface area contributed by atoms with E-state index in [9.17, 15) is 9.59 Å². The van der Waals surface area contributed by atoms with Crippen LogP contribution in [-0.2, 0) is 4.74 Å². The maximum Gasteiger partial charge on any atom is 0.355 e. The summed E-state index contributed by atoms with van der Waals surface area (Å²) in [6.45, 7) is 7.91. The van der Waals surface area contributed by atoms with Gasteiger partial charge in [0.25, 0.3) is 5.56 Å². The first-order valence-electron chi connectivity index (χ1n) is 8.31. The normalized spacial score (nSPS) is 11.2. The number of carbonyl (C=O) groups is 1. The molecule has 0 aliphatic rings.